The number of aromatic amines is 3. The summed E-state index contributed by atoms with van der Waals surface area (Å²) in [6, 6.07) is 2.71. The Morgan fingerprint density at radius 1 is 0.619 bits per heavy atom. The Bertz CT molecular complexity index is 2040. The fourth-order valence-corrected chi connectivity index (χ4v) is 5.44. The quantitative estimate of drug-likeness (QED) is 0.0351. The number of nitrogens with zero attached hydrogens (tertiary/aromatic N) is 7. The number of H-pyrrole nitrogens is 3. The minimum Gasteiger partial charge on any atom is -1.00 e. The van der Waals surface area contributed by atoms with Gasteiger partial charge in [0.25, 0.3) is 16.7 Å². The third kappa shape index (κ3) is 26.6. The summed E-state index contributed by atoms with van der Waals surface area (Å²) in [6.45, 7) is 11.5. The number of anilines is 3. The zero-order valence-corrected chi connectivity index (χ0v) is 39.2. The fourth-order valence-electron chi connectivity index (χ4n) is 5.44. The molecule has 0 aliphatic heterocycles. The number of urea groups is 2. The maximum Gasteiger partial charge on any atom is 0.333 e. The number of hydrogen-bond donors (Lipinski definition) is 10. The molecule has 4 rings (SSSR count). The average Bonchev–Trinajstić information content (AvgIpc) is 3.69. The van der Waals surface area contributed by atoms with Crippen LogP contribution in [0.4, 0.5) is 32.2 Å². The average molecular weight is 949 g/mol. The summed E-state index contributed by atoms with van der Waals surface area (Å²) in [6.07, 6.45) is 8.03. The Balaban J connectivity index is 0. The number of quaternary nitrogens is 2. The van der Waals surface area contributed by atoms with Crippen molar-refractivity contribution < 1.29 is 48.2 Å². The number of carbonyl (C=O) groups is 3. The van der Waals surface area contributed by atoms with E-state index in [0.717, 1.165) is 69.4 Å². The first-order valence-electron chi connectivity index (χ1n) is 19.5. The fraction of sp³-hybridized carbons (Fsp3) is 0.514. The van der Waals surface area contributed by atoms with E-state index in [2.05, 4.69) is 89.7 Å². The number of rotatable bonds is 17. The molecule has 0 atom stereocenters. The van der Waals surface area contributed by atoms with Crippen LogP contribution in [-0.4, -0.2) is 147 Å². The van der Waals surface area contributed by atoms with Gasteiger partial charge in [0.15, 0.2) is 0 Å². The molecule has 0 saturated carbocycles. The van der Waals surface area contributed by atoms with Gasteiger partial charge in [-0.25, -0.2) is 34.3 Å². The second-order valence-corrected chi connectivity index (χ2v) is 15.1. The third-order valence-corrected chi connectivity index (χ3v) is 8.42. The topological polar surface area (TPSA) is 318 Å². The largest absolute Gasteiger partial charge is 1.00 e. The van der Waals surface area contributed by atoms with Crippen LogP contribution < -0.4 is 79.5 Å². The molecule has 26 heteroatoms. The van der Waals surface area contributed by atoms with Crippen LogP contribution in [0.15, 0.2) is 51.3 Å². The van der Waals surface area contributed by atoms with Crippen LogP contribution in [0.2, 0.25) is 0 Å². The van der Waals surface area contributed by atoms with Crippen molar-refractivity contribution in [3.05, 3.63) is 85.1 Å². The van der Waals surface area contributed by atoms with E-state index < -0.39 is 18.1 Å². The van der Waals surface area contributed by atoms with E-state index in [-0.39, 0.29) is 71.7 Å². The molecule has 0 saturated heterocycles. The second kappa shape index (κ2) is 30.6. The van der Waals surface area contributed by atoms with E-state index in [1.807, 2.05) is 0 Å². The Morgan fingerprint density at radius 3 is 1.29 bits per heavy atom. The third-order valence-electron chi connectivity index (χ3n) is 8.42. The minimum absolute atomic E-state index is 0. The SMILES string of the molecule is C[N+](C)(CCCN)CCCN.Cc1cc(=O)[nH]c(NC(=O)NCCC[N+](C)(C)CCCNC(=O)Nc2nc(C)cc(=O)[nH]2)n1.Cc1cc(=O)[nH]c(NC(=O)n2ccnc2)n1.Cl.[Cl-].[Cl-]. The summed E-state index contributed by atoms with van der Waals surface area (Å²) in [4.78, 5) is 92.4. The Labute approximate surface area is 384 Å². The van der Waals surface area contributed by atoms with Gasteiger partial charge in [0.2, 0.25) is 17.8 Å². The summed E-state index contributed by atoms with van der Waals surface area (Å²) in [7, 11) is 8.60. The molecule has 4 heterocycles. The van der Waals surface area contributed by atoms with Gasteiger partial charge in [-0.1, -0.05) is 0 Å². The monoisotopic (exact) mass is 947 g/mol. The van der Waals surface area contributed by atoms with Gasteiger partial charge >= 0.3 is 18.1 Å². The van der Waals surface area contributed by atoms with Crippen molar-refractivity contribution >= 4 is 48.3 Å². The summed E-state index contributed by atoms with van der Waals surface area (Å²) >= 11 is 0. The maximum absolute atomic E-state index is 11.9. The number of nitrogens with one attached hydrogen (secondary N) is 8. The first kappa shape index (κ1) is 59.7. The molecule has 0 aliphatic carbocycles. The second-order valence-electron chi connectivity index (χ2n) is 15.1. The van der Waals surface area contributed by atoms with E-state index in [4.69, 9.17) is 11.5 Å². The first-order chi connectivity index (χ1) is 28.3. The van der Waals surface area contributed by atoms with Gasteiger partial charge in [0.05, 0.1) is 54.4 Å². The molecular formula is C37H64Cl3N17O6. The van der Waals surface area contributed by atoms with E-state index >= 15 is 0 Å². The molecule has 0 radical (unpaired) electrons. The molecule has 23 nitrogen and oxygen atoms in total. The van der Waals surface area contributed by atoms with E-state index in [1.54, 1.807) is 20.8 Å². The van der Waals surface area contributed by atoms with E-state index in [0.29, 0.717) is 34.7 Å². The molecule has 0 aliphatic rings. The molecule has 4 aromatic rings. The van der Waals surface area contributed by atoms with Crippen molar-refractivity contribution in [2.75, 3.05) is 96.5 Å². The summed E-state index contributed by atoms with van der Waals surface area (Å²) in [5.74, 6) is 0.327. The van der Waals surface area contributed by atoms with Crippen molar-refractivity contribution in [1.82, 2.24) is 50.1 Å². The van der Waals surface area contributed by atoms with Crippen molar-refractivity contribution in [1.29, 1.82) is 0 Å². The molecule has 0 bridgehead atoms. The van der Waals surface area contributed by atoms with Crippen LogP contribution in [0.5, 0.6) is 0 Å². The standard InChI is InChI=1S/C20H31N9O4.C9H9N5O2.C8H22N3.3ClH/c1-13-11-15(30)25-17(23-13)27-19(32)21-7-5-9-29(3,4)10-6-8-22-20(33)28-18-24-14(2)12-16(31)26-18;1-6-4-7(15)12-8(11-6)13-9(16)14-3-2-10-5-14;1-11(2,7-3-5-9)8-4-6-10;;;/h11-12H,5-10H2,1-4H3,(H5-,21,22,23,24,25,26,27,28,30,31,32,33);2-5H,1H3,(H2,11,12,13,15,16);3-10H2,1-2H3;3*1H/q;;+1;;;/p-1. The van der Waals surface area contributed by atoms with Crippen LogP contribution in [0.3, 0.4) is 0 Å². The molecular weight excluding hydrogens is 885 g/mol. The van der Waals surface area contributed by atoms with Crippen molar-refractivity contribution in [3.8, 4) is 0 Å². The highest BCUT2D eigenvalue weighted by Crippen LogP contribution is 2.03. The Kier molecular flexibility index (Phi) is 29.0. The molecule has 0 fully saturated rings. The molecule has 4 aromatic heterocycles. The normalized spacial score (nSPS) is 10.4. The molecule has 5 amide bonds. The minimum atomic E-state index is -0.439. The number of hydrogen-bond acceptors (Lipinski definition) is 12. The first-order valence-corrected chi connectivity index (χ1v) is 19.5. The number of carbonyl (C=O) groups excluding carboxylic acids is 3. The molecule has 354 valence electrons. The number of halogens is 3. The molecule has 63 heavy (non-hydrogen) atoms. The number of aromatic nitrogens is 8. The van der Waals surface area contributed by atoms with Crippen LogP contribution in [0.25, 0.3) is 0 Å². The van der Waals surface area contributed by atoms with Crippen molar-refractivity contribution in [2.45, 2.75) is 46.5 Å². The van der Waals surface area contributed by atoms with Gasteiger partial charge in [0.1, 0.15) is 6.33 Å². The lowest BCUT2D eigenvalue weighted by Crippen LogP contribution is -3.00. The van der Waals surface area contributed by atoms with Gasteiger partial charge in [-0.05, 0) is 33.9 Å². The molecule has 12 N–H and O–H groups in total. The predicted octanol–water partition coefficient (Wildman–Crippen LogP) is -5.18. The van der Waals surface area contributed by atoms with Gasteiger partial charge < -0.3 is 55.9 Å². The lowest BCUT2D eigenvalue weighted by Gasteiger charge is -2.30. The number of imidazole rings is 1. The lowest BCUT2D eigenvalue weighted by molar-refractivity contribution is -0.890. The van der Waals surface area contributed by atoms with Crippen LogP contribution >= 0.6 is 12.4 Å². The lowest BCUT2D eigenvalue weighted by atomic mass is 10.3. The predicted molar refractivity (Wildman–Crippen MR) is 237 cm³/mol. The summed E-state index contributed by atoms with van der Waals surface area (Å²) in [5.41, 5.74) is 11.5. The molecule has 0 unspecified atom stereocenters. The van der Waals surface area contributed by atoms with Crippen LogP contribution in [0.1, 0.15) is 42.8 Å². The van der Waals surface area contributed by atoms with Gasteiger partial charge in [0, 0.05) is 86.4 Å². The molecule has 0 aromatic carbocycles. The van der Waals surface area contributed by atoms with Crippen LogP contribution in [0, 0.1) is 20.8 Å². The number of nitrogens with two attached hydrogens (primary N) is 2. The highest BCUT2D eigenvalue weighted by Gasteiger charge is 2.15. The summed E-state index contributed by atoms with van der Waals surface area (Å²) < 4.78 is 3.00. The molecule has 0 spiro atoms. The van der Waals surface area contributed by atoms with Crippen molar-refractivity contribution in [2.24, 2.45) is 11.5 Å². The zero-order valence-electron chi connectivity index (χ0n) is 36.8. The zero-order chi connectivity index (χ0) is 44.7. The number of amides is 5. The van der Waals surface area contributed by atoms with Gasteiger partial charge in [-0.2, -0.15) is 0 Å². The number of aryl methyl sites for hydroxylation is 3. The highest BCUT2D eigenvalue weighted by atomic mass is 35.5. The summed E-state index contributed by atoms with van der Waals surface area (Å²) in [5, 5.41) is 12.9. The Morgan fingerprint density at radius 2 is 0.968 bits per heavy atom. The van der Waals surface area contributed by atoms with Crippen molar-refractivity contribution in [3.63, 3.8) is 0 Å². The van der Waals surface area contributed by atoms with Gasteiger partial charge in [-0.15, -0.1) is 12.4 Å². The maximum atomic E-state index is 11.9. The smallest absolute Gasteiger partial charge is 0.333 e. The van der Waals surface area contributed by atoms with E-state index in [9.17, 15) is 28.8 Å². The highest BCUT2D eigenvalue weighted by molar-refractivity contribution is 5.89. The Hall–Kier alpha value is -5.43. The van der Waals surface area contributed by atoms with Gasteiger partial charge in [-0.3, -0.25) is 49.9 Å². The van der Waals surface area contributed by atoms with E-state index in [1.165, 1.54) is 41.5 Å². The van der Waals surface area contributed by atoms with Crippen LogP contribution in [-0.2, 0) is 0 Å².